The number of hydrogen-bond donors (Lipinski definition) is 2. The van der Waals surface area contributed by atoms with Crippen molar-refractivity contribution in [2.24, 2.45) is 0 Å². The van der Waals surface area contributed by atoms with Crippen molar-refractivity contribution in [2.45, 2.75) is 38.7 Å². The number of carbonyl (C=O) groups is 2. The summed E-state index contributed by atoms with van der Waals surface area (Å²) in [6.45, 7) is 4.09. The molecule has 7 nitrogen and oxygen atoms in total. The molecular formula is C24H30N2O5. The first-order valence-electron chi connectivity index (χ1n) is 10.8. The van der Waals surface area contributed by atoms with Gasteiger partial charge in [0.2, 0.25) is 5.91 Å². The van der Waals surface area contributed by atoms with E-state index in [0.29, 0.717) is 48.9 Å². The van der Waals surface area contributed by atoms with Gasteiger partial charge >= 0.3 is 0 Å². The fourth-order valence-corrected chi connectivity index (χ4v) is 3.37. The molecule has 166 valence electrons. The highest BCUT2D eigenvalue weighted by Crippen LogP contribution is 2.26. The van der Waals surface area contributed by atoms with Crippen molar-refractivity contribution in [3.63, 3.8) is 0 Å². The first-order chi connectivity index (χ1) is 15.2. The molecule has 1 aliphatic rings. The zero-order valence-electron chi connectivity index (χ0n) is 17.9. The lowest BCUT2D eigenvalue weighted by atomic mass is 10.1. The van der Waals surface area contributed by atoms with Crippen LogP contribution in [0.15, 0.2) is 48.5 Å². The van der Waals surface area contributed by atoms with Gasteiger partial charge in [-0.05, 0) is 50.5 Å². The molecule has 0 saturated carbocycles. The largest absolute Gasteiger partial charge is 0.490 e. The van der Waals surface area contributed by atoms with Crippen molar-refractivity contribution in [3.05, 3.63) is 54.1 Å². The minimum atomic E-state index is -0.220. The van der Waals surface area contributed by atoms with Gasteiger partial charge in [-0.25, -0.2) is 0 Å². The minimum absolute atomic E-state index is 0.0681. The molecule has 2 aromatic rings. The number of ether oxygens (including phenoxy) is 3. The SMILES string of the molecule is CCOc1ccccc1OCCCC(=O)Nc1ccccc1C(=O)NC[C@H]1CCCO1. The maximum absolute atomic E-state index is 12.6. The van der Waals surface area contributed by atoms with Crippen LogP contribution in [0.25, 0.3) is 0 Å². The van der Waals surface area contributed by atoms with Crippen LogP contribution < -0.4 is 20.1 Å². The summed E-state index contributed by atoms with van der Waals surface area (Å²) in [5.74, 6) is 0.971. The molecule has 1 atom stereocenters. The molecule has 0 aliphatic carbocycles. The van der Waals surface area contributed by atoms with E-state index in [4.69, 9.17) is 14.2 Å². The van der Waals surface area contributed by atoms with Crippen molar-refractivity contribution >= 4 is 17.5 Å². The number of para-hydroxylation sites is 3. The van der Waals surface area contributed by atoms with Gasteiger partial charge in [0.1, 0.15) is 0 Å². The van der Waals surface area contributed by atoms with Crippen LogP contribution in [0.2, 0.25) is 0 Å². The number of hydrogen-bond acceptors (Lipinski definition) is 5. The van der Waals surface area contributed by atoms with Gasteiger partial charge in [-0.2, -0.15) is 0 Å². The summed E-state index contributed by atoms with van der Waals surface area (Å²) in [6, 6.07) is 14.5. The lowest BCUT2D eigenvalue weighted by molar-refractivity contribution is -0.116. The van der Waals surface area contributed by atoms with Crippen LogP contribution in [0, 0.1) is 0 Å². The summed E-state index contributed by atoms with van der Waals surface area (Å²) in [6.07, 6.45) is 2.87. The van der Waals surface area contributed by atoms with E-state index < -0.39 is 0 Å². The van der Waals surface area contributed by atoms with Gasteiger partial charge in [0.05, 0.1) is 30.6 Å². The van der Waals surface area contributed by atoms with Gasteiger partial charge in [-0.3, -0.25) is 9.59 Å². The standard InChI is InChI=1S/C24H30N2O5/c1-2-29-21-12-5-6-13-22(21)31-16-8-14-23(27)26-20-11-4-3-10-19(20)24(28)25-17-18-9-7-15-30-18/h3-6,10-13,18H,2,7-9,14-17H2,1H3,(H,25,28)(H,26,27)/t18-/m1/s1. The summed E-state index contributed by atoms with van der Waals surface area (Å²) in [7, 11) is 0. The highest BCUT2D eigenvalue weighted by Gasteiger charge is 2.18. The molecule has 2 aromatic carbocycles. The van der Waals surface area contributed by atoms with Gasteiger partial charge < -0.3 is 24.8 Å². The highest BCUT2D eigenvalue weighted by atomic mass is 16.5. The van der Waals surface area contributed by atoms with Crippen LogP contribution in [0.3, 0.4) is 0 Å². The summed E-state index contributed by atoms with van der Waals surface area (Å²) < 4.78 is 16.8. The average molecular weight is 427 g/mol. The Kier molecular flexibility index (Phi) is 8.72. The van der Waals surface area contributed by atoms with Gasteiger partial charge in [0, 0.05) is 19.6 Å². The van der Waals surface area contributed by atoms with Crippen LogP contribution in [0.1, 0.15) is 43.0 Å². The Morgan fingerprint density at radius 2 is 1.81 bits per heavy atom. The molecule has 0 unspecified atom stereocenters. The van der Waals surface area contributed by atoms with Crippen LogP contribution >= 0.6 is 0 Å². The van der Waals surface area contributed by atoms with E-state index >= 15 is 0 Å². The van der Waals surface area contributed by atoms with Crippen molar-refractivity contribution in [2.75, 3.05) is 31.7 Å². The lowest BCUT2D eigenvalue weighted by Gasteiger charge is -2.14. The van der Waals surface area contributed by atoms with Gasteiger partial charge in [0.25, 0.3) is 5.91 Å². The molecule has 0 aromatic heterocycles. The Balaban J connectivity index is 1.45. The van der Waals surface area contributed by atoms with Gasteiger partial charge in [0.15, 0.2) is 11.5 Å². The van der Waals surface area contributed by atoms with Crippen molar-refractivity contribution in [3.8, 4) is 11.5 Å². The summed E-state index contributed by atoms with van der Waals surface area (Å²) in [5.41, 5.74) is 0.940. The average Bonchev–Trinajstić information content (AvgIpc) is 3.30. The molecule has 3 rings (SSSR count). The third-order valence-corrected chi connectivity index (χ3v) is 4.91. The summed E-state index contributed by atoms with van der Waals surface area (Å²) in [5, 5.41) is 5.73. The van der Waals surface area contributed by atoms with Crippen LogP contribution in [0.4, 0.5) is 5.69 Å². The topological polar surface area (TPSA) is 85.9 Å². The van der Waals surface area contributed by atoms with E-state index in [1.165, 1.54) is 0 Å². The fraction of sp³-hybridized carbons (Fsp3) is 0.417. The van der Waals surface area contributed by atoms with E-state index in [0.717, 1.165) is 19.4 Å². The van der Waals surface area contributed by atoms with Crippen molar-refractivity contribution in [1.29, 1.82) is 0 Å². The molecule has 7 heteroatoms. The maximum Gasteiger partial charge on any atom is 0.253 e. The zero-order valence-corrected chi connectivity index (χ0v) is 17.9. The van der Waals surface area contributed by atoms with E-state index in [9.17, 15) is 9.59 Å². The monoisotopic (exact) mass is 426 g/mol. The van der Waals surface area contributed by atoms with Crippen molar-refractivity contribution in [1.82, 2.24) is 5.32 Å². The number of anilines is 1. The molecule has 2 amide bonds. The highest BCUT2D eigenvalue weighted by molar-refractivity contribution is 6.03. The van der Waals surface area contributed by atoms with Gasteiger partial charge in [-0.15, -0.1) is 0 Å². The normalized spacial score (nSPS) is 15.3. The molecule has 1 heterocycles. The number of carbonyl (C=O) groups excluding carboxylic acids is 2. The van der Waals surface area contributed by atoms with E-state index in [-0.39, 0.29) is 24.3 Å². The Bertz CT molecular complexity index is 865. The smallest absolute Gasteiger partial charge is 0.253 e. The molecule has 1 saturated heterocycles. The molecule has 31 heavy (non-hydrogen) atoms. The number of nitrogens with one attached hydrogen (secondary N) is 2. The Labute approximate surface area is 183 Å². The maximum atomic E-state index is 12.6. The second-order valence-electron chi connectivity index (χ2n) is 7.27. The molecule has 0 spiro atoms. The minimum Gasteiger partial charge on any atom is -0.490 e. The Hall–Kier alpha value is -3.06. The number of benzene rings is 2. The first-order valence-corrected chi connectivity index (χ1v) is 10.8. The van der Waals surface area contributed by atoms with E-state index in [1.54, 1.807) is 24.3 Å². The Morgan fingerprint density at radius 1 is 1.06 bits per heavy atom. The number of rotatable bonds is 11. The summed E-state index contributed by atoms with van der Waals surface area (Å²) in [4.78, 5) is 24.9. The fourth-order valence-electron chi connectivity index (χ4n) is 3.37. The third kappa shape index (κ3) is 7.00. The van der Waals surface area contributed by atoms with Gasteiger partial charge in [-0.1, -0.05) is 24.3 Å². The molecular weight excluding hydrogens is 396 g/mol. The van der Waals surface area contributed by atoms with Crippen molar-refractivity contribution < 1.29 is 23.8 Å². The quantitative estimate of drug-likeness (QED) is 0.534. The van der Waals surface area contributed by atoms with E-state index in [1.807, 2.05) is 31.2 Å². The van der Waals surface area contributed by atoms with E-state index in [2.05, 4.69) is 10.6 Å². The molecule has 1 fully saturated rings. The van der Waals surface area contributed by atoms with Crippen LogP contribution in [-0.4, -0.2) is 44.3 Å². The second-order valence-corrected chi connectivity index (χ2v) is 7.27. The second kappa shape index (κ2) is 12.0. The lowest BCUT2D eigenvalue weighted by Crippen LogP contribution is -2.32. The predicted octanol–water partition coefficient (Wildman–Crippen LogP) is 3.79. The zero-order chi connectivity index (χ0) is 21.9. The number of amides is 2. The molecule has 0 bridgehead atoms. The first kappa shape index (κ1) is 22.6. The molecule has 0 radical (unpaired) electrons. The van der Waals surface area contributed by atoms with Crippen LogP contribution in [-0.2, 0) is 9.53 Å². The summed E-state index contributed by atoms with van der Waals surface area (Å²) >= 11 is 0. The Morgan fingerprint density at radius 3 is 2.55 bits per heavy atom. The predicted molar refractivity (Wildman–Crippen MR) is 119 cm³/mol. The third-order valence-electron chi connectivity index (χ3n) is 4.91. The molecule has 1 aliphatic heterocycles. The molecule has 2 N–H and O–H groups in total. The van der Waals surface area contributed by atoms with Crippen LogP contribution in [0.5, 0.6) is 11.5 Å².